The lowest BCUT2D eigenvalue weighted by molar-refractivity contribution is -0.146. The van der Waals surface area contributed by atoms with Crippen LogP contribution in [0.15, 0.2) is 0 Å². The molecule has 1 N–H and O–H groups in total. The van der Waals surface area contributed by atoms with Gasteiger partial charge in [0.15, 0.2) is 0 Å². The Kier molecular flexibility index (Phi) is 5.28. The Morgan fingerprint density at radius 2 is 1.95 bits per heavy atom. The Bertz CT molecular complexity index is 386. The third-order valence-corrected chi connectivity index (χ3v) is 4.89. The average molecular weight is 294 g/mol. The lowest BCUT2D eigenvalue weighted by atomic mass is 9.78. The van der Waals surface area contributed by atoms with E-state index in [9.17, 15) is 9.59 Å². The highest BCUT2D eigenvalue weighted by atomic mass is 16.2. The van der Waals surface area contributed by atoms with Gasteiger partial charge in [-0.3, -0.25) is 9.59 Å². The maximum atomic E-state index is 12.6. The van der Waals surface area contributed by atoms with Crippen LogP contribution in [-0.2, 0) is 9.59 Å². The van der Waals surface area contributed by atoms with Gasteiger partial charge < -0.3 is 10.2 Å². The molecule has 2 aliphatic rings. The summed E-state index contributed by atoms with van der Waals surface area (Å²) in [5, 5.41) is 2.85. The normalized spacial score (nSPS) is 25.5. The van der Waals surface area contributed by atoms with Crippen molar-refractivity contribution in [3.63, 3.8) is 0 Å². The van der Waals surface area contributed by atoms with Gasteiger partial charge in [-0.15, -0.1) is 0 Å². The number of piperazine rings is 1. The molecule has 1 saturated heterocycles. The zero-order chi connectivity index (χ0) is 15.5. The molecule has 120 valence electrons. The number of nitrogens with one attached hydrogen (secondary N) is 1. The highest BCUT2D eigenvalue weighted by Crippen LogP contribution is 2.44. The summed E-state index contributed by atoms with van der Waals surface area (Å²) in [6.45, 7) is 7.58. The minimum absolute atomic E-state index is 0.00532. The van der Waals surface area contributed by atoms with Crippen molar-refractivity contribution in [2.24, 2.45) is 11.3 Å². The van der Waals surface area contributed by atoms with Gasteiger partial charge in [0.1, 0.15) is 6.04 Å². The molecular weight excluding hydrogens is 264 g/mol. The van der Waals surface area contributed by atoms with Crippen molar-refractivity contribution in [2.45, 2.75) is 71.8 Å². The first-order valence-electron chi connectivity index (χ1n) is 8.54. The monoisotopic (exact) mass is 294 g/mol. The molecule has 1 aliphatic carbocycles. The highest BCUT2D eigenvalue weighted by Gasteiger charge is 2.40. The lowest BCUT2D eigenvalue weighted by Gasteiger charge is -2.40. The van der Waals surface area contributed by atoms with Crippen LogP contribution in [0.5, 0.6) is 0 Å². The summed E-state index contributed by atoms with van der Waals surface area (Å²) in [6, 6.07) is -0.297. The molecule has 1 aliphatic heterocycles. The molecule has 0 aromatic heterocycles. The van der Waals surface area contributed by atoms with Crippen LogP contribution >= 0.6 is 0 Å². The minimum Gasteiger partial charge on any atom is -0.343 e. The van der Waals surface area contributed by atoms with Crippen molar-refractivity contribution in [2.75, 3.05) is 13.1 Å². The number of carbonyl (C=O) groups is 2. The molecule has 21 heavy (non-hydrogen) atoms. The van der Waals surface area contributed by atoms with Gasteiger partial charge in [0.2, 0.25) is 11.8 Å². The maximum absolute atomic E-state index is 12.6. The van der Waals surface area contributed by atoms with Crippen LogP contribution < -0.4 is 5.32 Å². The second kappa shape index (κ2) is 6.80. The molecule has 1 heterocycles. The molecule has 0 radical (unpaired) electrons. The number of nitrogens with zero attached hydrogens (tertiary/aromatic N) is 1. The van der Waals surface area contributed by atoms with Crippen LogP contribution in [0.25, 0.3) is 0 Å². The molecular formula is C17H30N2O2. The van der Waals surface area contributed by atoms with E-state index in [2.05, 4.69) is 26.1 Å². The van der Waals surface area contributed by atoms with Crippen LogP contribution in [0.4, 0.5) is 0 Å². The summed E-state index contributed by atoms with van der Waals surface area (Å²) < 4.78 is 0. The molecule has 2 fully saturated rings. The molecule has 0 aromatic rings. The Balaban J connectivity index is 2.08. The predicted molar refractivity (Wildman–Crippen MR) is 83.8 cm³/mol. The zero-order valence-electron chi connectivity index (χ0n) is 13.8. The molecule has 4 heteroatoms. The summed E-state index contributed by atoms with van der Waals surface area (Å²) in [5.41, 5.74) is 0.248. The van der Waals surface area contributed by atoms with Gasteiger partial charge in [0.05, 0.1) is 6.54 Å². The van der Waals surface area contributed by atoms with Crippen molar-refractivity contribution < 1.29 is 9.59 Å². The van der Waals surface area contributed by atoms with Crippen molar-refractivity contribution in [3.05, 3.63) is 0 Å². The van der Waals surface area contributed by atoms with Crippen molar-refractivity contribution in [3.8, 4) is 0 Å². The van der Waals surface area contributed by atoms with E-state index in [0.717, 1.165) is 25.8 Å². The van der Waals surface area contributed by atoms with E-state index in [0.29, 0.717) is 5.92 Å². The van der Waals surface area contributed by atoms with Gasteiger partial charge in [-0.25, -0.2) is 0 Å². The van der Waals surface area contributed by atoms with Crippen LogP contribution in [0.2, 0.25) is 0 Å². The Labute approximate surface area is 128 Å². The van der Waals surface area contributed by atoms with E-state index in [1.54, 1.807) is 0 Å². The summed E-state index contributed by atoms with van der Waals surface area (Å²) in [7, 11) is 0. The summed E-state index contributed by atoms with van der Waals surface area (Å²) in [5.74, 6) is 0.778. The molecule has 0 bridgehead atoms. The van der Waals surface area contributed by atoms with E-state index in [1.807, 2.05) is 4.90 Å². The topological polar surface area (TPSA) is 49.4 Å². The molecule has 1 saturated carbocycles. The van der Waals surface area contributed by atoms with E-state index in [4.69, 9.17) is 0 Å². The fraction of sp³-hybridized carbons (Fsp3) is 0.882. The van der Waals surface area contributed by atoms with Gasteiger partial charge in [0.25, 0.3) is 0 Å². The Hall–Kier alpha value is -1.06. The highest BCUT2D eigenvalue weighted by molar-refractivity contribution is 5.94. The molecule has 1 atom stereocenters. The maximum Gasteiger partial charge on any atom is 0.245 e. The third-order valence-electron chi connectivity index (χ3n) is 4.89. The summed E-state index contributed by atoms with van der Waals surface area (Å²) in [6.07, 6.45) is 7.76. The minimum atomic E-state index is -0.297. The van der Waals surface area contributed by atoms with E-state index < -0.39 is 0 Å². The summed E-state index contributed by atoms with van der Waals surface area (Å²) >= 11 is 0. The van der Waals surface area contributed by atoms with Crippen LogP contribution in [-0.4, -0.2) is 35.8 Å². The fourth-order valence-corrected chi connectivity index (χ4v) is 4.21. The van der Waals surface area contributed by atoms with Gasteiger partial charge in [-0.05, 0) is 37.0 Å². The average Bonchev–Trinajstić information content (AvgIpc) is 2.82. The first-order chi connectivity index (χ1) is 9.96. The molecule has 2 rings (SSSR count). The first kappa shape index (κ1) is 16.3. The Morgan fingerprint density at radius 3 is 2.52 bits per heavy atom. The lowest BCUT2D eigenvalue weighted by Crippen LogP contribution is -2.59. The van der Waals surface area contributed by atoms with Crippen LogP contribution in [0.3, 0.4) is 0 Å². The van der Waals surface area contributed by atoms with E-state index in [-0.39, 0.29) is 29.8 Å². The fourth-order valence-electron chi connectivity index (χ4n) is 4.21. The second-order valence-corrected chi connectivity index (χ2v) is 7.41. The standard InChI is InChI=1S/C17H30N2O2/c1-4-7-14-16(21)19(11-15(20)18-14)12-17(10-13(2)3)8-5-6-9-17/h13-14H,4-12H2,1-3H3,(H,18,20). The summed E-state index contributed by atoms with van der Waals surface area (Å²) in [4.78, 5) is 26.3. The van der Waals surface area contributed by atoms with Gasteiger partial charge in [-0.2, -0.15) is 0 Å². The van der Waals surface area contributed by atoms with Crippen molar-refractivity contribution in [1.29, 1.82) is 0 Å². The van der Waals surface area contributed by atoms with Crippen molar-refractivity contribution in [1.82, 2.24) is 10.2 Å². The van der Waals surface area contributed by atoms with Gasteiger partial charge >= 0.3 is 0 Å². The van der Waals surface area contributed by atoms with Gasteiger partial charge in [-0.1, -0.05) is 40.0 Å². The second-order valence-electron chi connectivity index (χ2n) is 7.41. The van der Waals surface area contributed by atoms with E-state index in [1.165, 1.54) is 25.7 Å². The van der Waals surface area contributed by atoms with E-state index >= 15 is 0 Å². The Morgan fingerprint density at radius 1 is 1.29 bits per heavy atom. The SMILES string of the molecule is CCCC1NC(=O)CN(CC2(CC(C)C)CCCC2)C1=O. The largest absolute Gasteiger partial charge is 0.343 e. The quantitative estimate of drug-likeness (QED) is 0.819. The zero-order valence-corrected chi connectivity index (χ0v) is 13.8. The number of hydrogen-bond donors (Lipinski definition) is 1. The smallest absolute Gasteiger partial charge is 0.245 e. The molecule has 1 unspecified atom stereocenters. The third kappa shape index (κ3) is 3.98. The first-order valence-corrected chi connectivity index (χ1v) is 8.54. The van der Waals surface area contributed by atoms with Gasteiger partial charge in [0, 0.05) is 6.54 Å². The van der Waals surface area contributed by atoms with Crippen molar-refractivity contribution >= 4 is 11.8 Å². The predicted octanol–water partition coefficient (Wildman–Crippen LogP) is 2.72. The molecule has 4 nitrogen and oxygen atoms in total. The van der Waals surface area contributed by atoms with Crippen LogP contribution in [0.1, 0.15) is 65.7 Å². The molecule has 2 amide bonds. The number of amides is 2. The molecule has 0 spiro atoms. The van der Waals surface area contributed by atoms with Crippen LogP contribution in [0, 0.1) is 11.3 Å². The molecule has 0 aromatic carbocycles. The number of carbonyl (C=O) groups excluding carboxylic acids is 2. The number of rotatable bonds is 6. The number of hydrogen-bond acceptors (Lipinski definition) is 2.